The fourth-order valence-electron chi connectivity index (χ4n) is 2.67. The Kier molecular flexibility index (Phi) is 2.17. The van der Waals surface area contributed by atoms with Crippen molar-refractivity contribution in [1.82, 2.24) is 10.3 Å². The van der Waals surface area contributed by atoms with Crippen LogP contribution >= 0.6 is 11.6 Å². The van der Waals surface area contributed by atoms with E-state index in [2.05, 4.69) is 15.1 Å². The van der Waals surface area contributed by atoms with E-state index in [9.17, 15) is 0 Å². The van der Waals surface area contributed by atoms with Gasteiger partial charge >= 0.3 is 0 Å². The maximum Gasteiger partial charge on any atom is 0.249 e. The number of rotatable bonds is 1. The Morgan fingerprint density at radius 2 is 2.31 bits per heavy atom. The third-order valence-corrected chi connectivity index (χ3v) is 3.91. The van der Waals surface area contributed by atoms with Crippen LogP contribution in [0.4, 0.5) is 0 Å². The molecular weight excluding hydrogens is 222 g/mol. The van der Waals surface area contributed by atoms with E-state index >= 15 is 0 Å². The zero-order chi connectivity index (χ0) is 11.2. The van der Waals surface area contributed by atoms with Gasteiger partial charge in [-0.1, -0.05) is 11.6 Å². The smallest absolute Gasteiger partial charge is 0.249 e. The van der Waals surface area contributed by atoms with Crippen LogP contribution in [0.5, 0.6) is 0 Å². The molecule has 3 nitrogen and oxygen atoms in total. The maximum absolute atomic E-state index is 7.36. The zero-order valence-electron chi connectivity index (χ0n) is 8.78. The van der Waals surface area contributed by atoms with Crippen LogP contribution in [0.2, 0.25) is 5.02 Å². The molecule has 0 bridgehead atoms. The van der Waals surface area contributed by atoms with Crippen molar-refractivity contribution in [2.24, 2.45) is 0 Å². The second kappa shape index (κ2) is 3.44. The van der Waals surface area contributed by atoms with Crippen LogP contribution in [0.25, 0.3) is 4.85 Å². The Balaban J connectivity index is 1.94. The first kappa shape index (κ1) is 10.1. The molecule has 82 valence electrons. The van der Waals surface area contributed by atoms with Crippen molar-refractivity contribution in [3.05, 3.63) is 40.5 Å². The second-order valence-electron chi connectivity index (χ2n) is 4.65. The molecule has 0 aromatic carbocycles. The summed E-state index contributed by atoms with van der Waals surface area (Å²) >= 11 is 5.94. The minimum Gasteiger partial charge on any atom is -0.311 e. The molecule has 1 spiro atoms. The summed E-state index contributed by atoms with van der Waals surface area (Å²) in [6.45, 7) is 8.23. The number of nitrogens with one attached hydrogen (secondary N) is 1. The molecule has 1 aromatic heterocycles. The molecular formula is C12H12ClN3. The lowest BCUT2D eigenvalue weighted by Crippen LogP contribution is -2.31. The Morgan fingerprint density at radius 3 is 2.94 bits per heavy atom. The van der Waals surface area contributed by atoms with Crippen LogP contribution in [0.1, 0.15) is 24.3 Å². The molecule has 1 aromatic rings. The average Bonchev–Trinajstić information content (AvgIpc) is 2.93. The molecule has 1 saturated carbocycles. The van der Waals surface area contributed by atoms with E-state index in [0.29, 0.717) is 5.02 Å². The van der Waals surface area contributed by atoms with Crippen LogP contribution < -0.4 is 5.32 Å². The van der Waals surface area contributed by atoms with Gasteiger partial charge in [-0.2, -0.15) is 0 Å². The first-order chi connectivity index (χ1) is 7.75. The summed E-state index contributed by atoms with van der Waals surface area (Å²) in [7, 11) is 0. The molecule has 1 aliphatic carbocycles. The molecule has 4 heteroatoms. The number of hydrogen-bond donors (Lipinski definition) is 1. The SMILES string of the molecule is [C-]#[N+][C@@H]1C(c2cncc(Cl)c2)CNC12CC2. The van der Waals surface area contributed by atoms with Crippen molar-refractivity contribution >= 4 is 11.6 Å². The van der Waals surface area contributed by atoms with Crippen LogP contribution in [0.15, 0.2) is 18.5 Å². The predicted molar refractivity (Wildman–Crippen MR) is 62.3 cm³/mol. The monoisotopic (exact) mass is 233 g/mol. The van der Waals surface area contributed by atoms with E-state index in [1.165, 1.54) is 0 Å². The maximum atomic E-state index is 7.36. The van der Waals surface area contributed by atoms with E-state index in [-0.39, 0.29) is 17.5 Å². The summed E-state index contributed by atoms with van der Waals surface area (Å²) in [6.07, 6.45) is 5.72. The molecule has 1 saturated heterocycles. The Labute approximate surface area is 99.6 Å². The summed E-state index contributed by atoms with van der Waals surface area (Å²) < 4.78 is 0. The van der Waals surface area contributed by atoms with Crippen LogP contribution in [-0.4, -0.2) is 23.1 Å². The van der Waals surface area contributed by atoms with E-state index in [1.807, 2.05) is 12.3 Å². The van der Waals surface area contributed by atoms with Gasteiger partial charge in [0.1, 0.15) is 0 Å². The normalized spacial score (nSPS) is 30.2. The lowest BCUT2D eigenvalue weighted by atomic mass is 9.92. The van der Waals surface area contributed by atoms with E-state index in [4.69, 9.17) is 18.2 Å². The van der Waals surface area contributed by atoms with Crippen molar-refractivity contribution in [3.8, 4) is 0 Å². The standard InChI is InChI=1S/C12H12ClN3/c1-14-11-10(7-16-12(11)2-3-12)8-4-9(13)6-15-5-8/h4-6,10-11,16H,2-3,7H2/t10?,11-/m1/s1. The van der Waals surface area contributed by atoms with E-state index in [0.717, 1.165) is 24.9 Å². The first-order valence-electron chi connectivity index (χ1n) is 5.47. The Morgan fingerprint density at radius 1 is 1.50 bits per heavy atom. The largest absolute Gasteiger partial charge is 0.311 e. The molecule has 2 heterocycles. The molecule has 0 amide bonds. The van der Waals surface area contributed by atoms with Gasteiger partial charge in [-0.05, 0) is 24.5 Å². The van der Waals surface area contributed by atoms with Gasteiger partial charge < -0.3 is 10.2 Å². The van der Waals surface area contributed by atoms with Crippen LogP contribution in [0.3, 0.4) is 0 Å². The summed E-state index contributed by atoms with van der Waals surface area (Å²) in [5, 5.41) is 4.14. The first-order valence-corrected chi connectivity index (χ1v) is 5.85. The van der Waals surface area contributed by atoms with Gasteiger partial charge in [0.15, 0.2) is 0 Å². The molecule has 2 atom stereocenters. The summed E-state index contributed by atoms with van der Waals surface area (Å²) in [4.78, 5) is 7.91. The van der Waals surface area contributed by atoms with Crippen molar-refractivity contribution in [1.29, 1.82) is 0 Å². The topological polar surface area (TPSA) is 29.3 Å². The number of nitrogens with zero attached hydrogens (tertiary/aromatic N) is 2. The Hall–Kier alpha value is -1.11. The molecule has 1 aliphatic heterocycles. The minimum atomic E-state index is 0.0489. The summed E-state index contributed by atoms with van der Waals surface area (Å²) in [6, 6.07) is 1.98. The number of halogens is 1. The van der Waals surface area contributed by atoms with Gasteiger partial charge in [-0.15, -0.1) is 0 Å². The number of pyridine rings is 1. The van der Waals surface area contributed by atoms with Crippen molar-refractivity contribution in [2.45, 2.75) is 30.3 Å². The highest BCUT2D eigenvalue weighted by Crippen LogP contribution is 2.49. The van der Waals surface area contributed by atoms with Crippen molar-refractivity contribution < 1.29 is 0 Å². The van der Waals surface area contributed by atoms with Gasteiger partial charge in [-0.25, -0.2) is 6.57 Å². The van der Waals surface area contributed by atoms with E-state index < -0.39 is 0 Å². The summed E-state index contributed by atoms with van der Waals surface area (Å²) in [5.74, 6) is 0.242. The number of hydrogen-bond acceptors (Lipinski definition) is 2. The highest BCUT2D eigenvalue weighted by molar-refractivity contribution is 6.30. The molecule has 1 N–H and O–H groups in total. The van der Waals surface area contributed by atoms with Crippen LogP contribution in [-0.2, 0) is 0 Å². The highest BCUT2D eigenvalue weighted by atomic mass is 35.5. The lowest BCUT2D eigenvalue weighted by Gasteiger charge is -2.12. The fourth-order valence-corrected chi connectivity index (χ4v) is 2.85. The van der Waals surface area contributed by atoms with Crippen molar-refractivity contribution in [2.75, 3.05) is 6.54 Å². The van der Waals surface area contributed by atoms with Gasteiger partial charge in [0.05, 0.1) is 16.5 Å². The van der Waals surface area contributed by atoms with Gasteiger partial charge in [0.25, 0.3) is 0 Å². The third kappa shape index (κ3) is 1.41. The van der Waals surface area contributed by atoms with Gasteiger partial charge in [0, 0.05) is 18.9 Å². The zero-order valence-corrected chi connectivity index (χ0v) is 9.54. The van der Waals surface area contributed by atoms with Crippen molar-refractivity contribution in [3.63, 3.8) is 0 Å². The molecule has 16 heavy (non-hydrogen) atoms. The third-order valence-electron chi connectivity index (χ3n) is 3.70. The molecule has 1 unspecified atom stereocenters. The van der Waals surface area contributed by atoms with E-state index in [1.54, 1.807) is 6.20 Å². The Bertz CT molecular complexity index is 462. The van der Waals surface area contributed by atoms with Gasteiger partial charge in [-0.3, -0.25) is 4.98 Å². The summed E-state index contributed by atoms with van der Waals surface area (Å²) in [5.41, 5.74) is 1.19. The molecule has 2 fully saturated rings. The average molecular weight is 234 g/mol. The molecule has 2 aliphatic rings. The molecule has 0 radical (unpaired) electrons. The van der Waals surface area contributed by atoms with Gasteiger partial charge in [0.2, 0.25) is 6.04 Å². The number of aromatic nitrogens is 1. The molecule has 3 rings (SSSR count). The highest BCUT2D eigenvalue weighted by Gasteiger charge is 2.61. The predicted octanol–water partition coefficient (Wildman–Crippen LogP) is 2.24. The second-order valence-corrected chi connectivity index (χ2v) is 5.09. The minimum absolute atomic E-state index is 0.0489. The fraction of sp³-hybridized carbons (Fsp3) is 0.500. The quantitative estimate of drug-likeness (QED) is 0.754. The lowest BCUT2D eigenvalue weighted by molar-refractivity contribution is 0.564. The van der Waals surface area contributed by atoms with Crippen LogP contribution in [0, 0.1) is 6.57 Å².